The van der Waals surface area contributed by atoms with Gasteiger partial charge < -0.3 is 20.6 Å². The maximum Gasteiger partial charge on any atom is 0.191 e. The lowest BCUT2D eigenvalue weighted by molar-refractivity contribution is 0.183. The molecule has 30 heavy (non-hydrogen) atoms. The lowest BCUT2D eigenvalue weighted by Gasteiger charge is -2.34. The molecule has 0 aromatic heterocycles. The number of hydrogen-bond acceptors (Lipinski definition) is 3. The second kappa shape index (κ2) is 12.7. The number of aliphatic hydroxyl groups is 1. The Morgan fingerprint density at radius 1 is 1.17 bits per heavy atom. The lowest BCUT2D eigenvalue weighted by atomic mass is 10.0. The van der Waals surface area contributed by atoms with E-state index in [4.69, 9.17) is 0 Å². The smallest absolute Gasteiger partial charge is 0.191 e. The van der Waals surface area contributed by atoms with Crippen LogP contribution in [-0.4, -0.2) is 49.4 Å². The van der Waals surface area contributed by atoms with E-state index in [2.05, 4.69) is 20.5 Å². The number of aliphatic imine (C=N–C) groups is 1. The minimum absolute atomic E-state index is 0. The summed E-state index contributed by atoms with van der Waals surface area (Å²) < 4.78 is 13.5. The Labute approximate surface area is 195 Å². The summed E-state index contributed by atoms with van der Waals surface area (Å²) >= 11 is 0. The minimum atomic E-state index is -0.511. The molecule has 2 aromatic carbocycles. The Bertz CT molecular complexity index is 782. The third kappa shape index (κ3) is 7.75. The maximum atomic E-state index is 13.5. The molecular weight excluding hydrogens is 494 g/mol. The second-order valence-electron chi connectivity index (χ2n) is 7.45. The average molecular weight is 526 g/mol. The van der Waals surface area contributed by atoms with E-state index in [9.17, 15) is 9.50 Å². The molecule has 3 rings (SSSR count). The fourth-order valence-corrected chi connectivity index (χ4v) is 3.62. The number of aliphatic hydroxyl groups excluding tert-OH is 1. The first-order chi connectivity index (χ1) is 14.1. The van der Waals surface area contributed by atoms with Gasteiger partial charge in [-0.1, -0.05) is 36.4 Å². The highest BCUT2D eigenvalue weighted by atomic mass is 127. The zero-order chi connectivity index (χ0) is 20.5. The van der Waals surface area contributed by atoms with E-state index in [0.717, 1.165) is 49.7 Å². The number of halogens is 2. The molecular formula is C23H32FIN4O. The molecule has 0 bridgehead atoms. The van der Waals surface area contributed by atoms with Crippen LogP contribution in [0.5, 0.6) is 0 Å². The number of rotatable bonds is 7. The Kier molecular flexibility index (Phi) is 10.4. The van der Waals surface area contributed by atoms with E-state index in [1.165, 1.54) is 6.07 Å². The Morgan fingerprint density at radius 2 is 1.90 bits per heavy atom. The van der Waals surface area contributed by atoms with E-state index in [-0.39, 0.29) is 29.8 Å². The zero-order valence-corrected chi connectivity index (χ0v) is 19.8. The normalized spacial score (nSPS) is 16.0. The van der Waals surface area contributed by atoms with Gasteiger partial charge in [-0.05, 0) is 43.5 Å². The van der Waals surface area contributed by atoms with Crippen molar-refractivity contribution in [3.63, 3.8) is 0 Å². The molecule has 0 saturated carbocycles. The number of nitrogens with zero attached hydrogens (tertiary/aromatic N) is 2. The molecule has 2 aromatic rings. The molecule has 0 radical (unpaired) electrons. The quantitative estimate of drug-likeness (QED) is 0.294. The van der Waals surface area contributed by atoms with Crippen LogP contribution in [0.4, 0.5) is 10.1 Å². The van der Waals surface area contributed by atoms with Crippen LogP contribution in [0.25, 0.3) is 0 Å². The molecule has 1 aliphatic heterocycles. The van der Waals surface area contributed by atoms with Gasteiger partial charge in [0.05, 0.1) is 12.6 Å². The molecule has 7 heteroatoms. The number of guanidine groups is 1. The molecule has 1 saturated heterocycles. The predicted molar refractivity (Wildman–Crippen MR) is 132 cm³/mol. The predicted octanol–water partition coefficient (Wildman–Crippen LogP) is 3.57. The van der Waals surface area contributed by atoms with E-state index in [1.807, 2.05) is 43.3 Å². The fraction of sp³-hybridized carbons (Fsp3) is 0.435. The van der Waals surface area contributed by atoms with Crippen LogP contribution in [-0.2, 0) is 6.42 Å². The van der Waals surface area contributed by atoms with Crippen molar-refractivity contribution in [1.82, 2.24) is 10.6 Å². The summed E-state index contributed by atoms with van der Waals surface area (Å²) in [5.41, 5.74) is 2.05. The Morgan fingerprint density at radius 3 is 2.57 bits per heavy atom. The van der Waals surface area contributed by atoms with Crippen LogP contribution in [0.3, 0.4) is 0 Å². The summed E-state index contributed by atoms with van der Waals surface area (Å²) in [7, 11) is 0. The molecule has 1 atom stereocenters. The van der Waals surface area contributed by atoms with Gasteiger partial charge in [-0.3, -0.25) is 4.99 Å². The van der Waals surface area contributed by atoms with Crippen molar-refractivity contribution < 1.29 is 9.50 Å². The number of hydrogen-bond donors (Lipinski definition) is 3. The van der Waals surface area contributed by atoms with Gasteiger partial charge in [0, 0.05) is 37.8 Å². The van der Waals surface area contributed by atoms with E-state index >= 15 is 0 Å². The standard InChI is InChI=1S/C23H31FN4O.HI/c1-2-25-23(26-17-22(29)15-18-7-4-3-5-8-18)27-20-11-13-28(14-12-20)21-10-6-9-19(24)16-21;/h3-10,16,20,22,29H,2,11-15,17H2,1H3,(H2,25,26,27);1H. The molecule has 1 heterocycles. The Balaban J connectivity index is 0.00000320. The van der Waals surface area contributed by atoms with Crippen molar-refractivity contribution in [1.29, 1.82) is 0 Å². The molecule has 1 aliphatic rings. The van der Waals surface area contributed by atoms with Crippen molar-refractivity contribution in [2.75, 3.05) is 31.1 Å². The van der Waals surface area contributed by atoms with Gasteiger partial charge in [-0.2, -0.15) is 0 Å². The second-order valence-corrected chi connectivity index (χ2v) is 7.45. The SMILES string of the molecule is CCNC(=NCC(O)Cc1ccccc1)NC1CCN(c2cccc(F)c2)CC1.I. The number of anilines is 1. The van der Waals surface area contributed by atoms with Crippen LogP contribution in [0, 0.1) is 5.82 Å². The molecule has 1 fully saturated rings. The molecule has 5 nitrogen and oxygen atoms in total. The first-order valence-corrected chi connectivity index (χ1v) is 10.4. The highest BCUT2D eigenvalue weighted by Crippen LogP contribution is 2.20. The zero-order valence-electron chi connectivity index (χ0n) is 17.4. The lowest BCUT2D eigenvalue weighted by Crippen LogP contribution is -2.49. The van der Waals surface area contributed by atoms with Crippen LogP contribution >= 0.6 is 24.0 Å². The van der Waals surface area contributed by atoms with Crippen molar-refractivity contribution in [2.45, 2.75) is 38.3 Å². The van der Waals surface area contributed by atoms with E-state index in [1.54, 1.807) is 12.1 Å². The Hall–Kier alpha value is -1.87. The van der Waals surface area contributed by atoms with Gasteiger partial charge in [0.1, 0.15) is 5.82 Å². The maximum absolute atomic E-state index is 13.5. The van der Waals surface area contributed by atoms with Crippen molar-refractivity contribution in [2.24, 2.45) is 4.99 Å². The van der Waals surface area contributed by atoms with Crippen LogP contribution in [0.15, 0.2) is 59.6 Å². The summed E-state index contributed by atoms with van der Waals surface area (Å²) in [6, 6.07) is 17.1. The first-order valence-electron chi connectivity index (χ1n) is 10.4. The summed E-state index contributed by atoms with van der Waals surface area (Å²) in [6.45, 7) is 4.90. The van der Waals surface area contributed by atoms with Crippen molar-refractivity contribution in [3.05, 3.63) is 66.0 Å². The first kappa shape index (κ1) is 24.4. The summed E-state index contributed by atoms with van der Waals surface area (Å²) in [5, 5.41) is 17.1. The highest BCUT2D eigenvalue weighted by molar-refractivity contribution is 14.0. The van der Waals surface area contributed by atoms with Crippen LogP contribution < -0.4 is 15.5 Å². The monoisotopic (exact) mass is 526 g/mol. The largest absolute Gasteiger partial charge is 0.391 e. The third-order valence-electron chi connectivity index (χ3n) is 5.13. The highest BCUT2D eigenvalue weighted by Gasteiger charge is 2.20. The summed E-state index contributed by atoms with van der Waals surface area (Å²) in [6.07, 6.45) is 1.99. The molecule has 0 aliphatic carbocycles. The molecule has 1 unspecified atom stereocenters. The molecule has 0 spiro atoms. The van der Waals surface area contributed by atoms with Crippen molar-refractivity contribution in [3.8, 4) is 0 Å². The van der Waals surface area contributed by atoms with Gasteiger partial charge >= 0.3 is 0 Å². The van der Waals surface area contributed by atoms with Gasteiger partial charge in [0.15, 0.2) is 5.96 Å². The molecule has 3 N–H and O–H groups in total. The summed E-state index contributed by atoms with van der Waals surface area (Å²) in [5.74, 6) is 0.544. The molecule has 164 valence electrons. The topological polar surface area (TPSA) is 59.9 Å². The summed E-state index contributed by atoms with van der Waals surface area (Å²) in [4.78, 5) is 6.79. The van der Waals surface area contributed by atoms with Crippen LogP contribution in [0.2, 0.25) is 0 Å². The minimum Gasteiger partial charge on any atom is -0.391 e. The molecule has 0 amide bonds. The van der Waals surface area contributed by atoms with Gasteiger partial charge in [0.2, 0.25) is 0 Å². The van der Waals surface area contributed by atoms with Gasteiger partial charge in [-0.15, -0.1) is 24.0 Å². The number of benzene rings is 2. The van der Waals surface area contributed by atoms with E-state index in [0.29, 0.717) is 19.0 Å². The van der Waals surface area contributed by atoms with Gasteiger partial charge in [0.25, 0.3) is 0 Å². The van der Waals surface area contributed by atoms with Crippen molar-refractivity contribution >= 4 is 35.6 Å². The van der Waals surface area contributed by atoms with E-state index < -0.39 is 6.10 Å². The third-order valence-corrected chi connectivity index (χ3v) is 5.13. The number of nitrogens with one attached hydrogen (secondary N) is 2. The fourth-order valence-electron chi connectivity index (χ4n) is 3.62. The number of piperidine rings is 1. The van der Waals surface area contributed by atoms with Crippen LogP contribution in [0.1, 0.15) is 25.3 Å². The van der Waals surface area contributed by atoms with Gasteiger partial charge in [-0.25, -0.2) is 4.39 Å². The average Bonchev–Trinajstić information content (AvgIpc) is 2.73.